The van der Waals surface area contributed by atoms with Crippen LogP contribution in [0.3, 0.4) is 0 Å². The van der Waals surface area contributed by atoms with Gasteiger partial charge in [0.15, 0.2) is 20.7 Å². The van der Waals surface area contributed by atoms with Gasteiger partial charge in [0.1, 0.15) is 0 Å². The molecular weight excluding hydrogens is 420 g/mol. The predicted molar refractivity (Wildman–Crippen MR) is 117 cm³/mol. The fourth-order valence-electron chi connectivity index (χ4n) is 3.81. The average Bonchev–Trinajstić information content (AvgIpc) is 3.11. The number of carbonyl (C=O) groups excluding carboxylic acids is 1. The van der Waals surface area contributed by atoms with E-state index in [1.54, 1.807) is 4.68 Å². The maximum absolute atomic E-state index is 12.8. The topological polar surface area (TPSA) is 94.0 Å². The summed E-state index contributed by atoms with van der Waals surface area (Å²) < 4.78 is 25.6. The van der Waals surface area contributed by atoms with Gasteiger partial charge in [0.25, 0.3) is 5.91 Å². The lowest BCUT2D eigenvalue weighted by atomic mass is 10.1. The van der Waals surface area contributed by atoms with E-state index in [9.17, 15) is 13.2 Å². The zero-order chi connectivity index (χ0) is 20.9. The first-order valence-electron chi connectivity index (χ1n) is 10.0. The number of amides is 1. The van der Waals surface area contributed by atoms with Crippen molar-refractivity contribution >= 4 is 32.2 Å². The highest BCUT2D eigenvalue weighted by atomic mass is 32.2. The van der Waals surface area contributed by atoms with Gasteiger partial charge in [-0.3, -0.25) is 14.8 Å². The number of hydrogen-bond acceptors (Lipinski definition) is 6. The van der Waals surface area contributed by atoms with Crippen LogP contribution in [0.25, 0.3) is 11.3 Å². The SMILES string of the molecule is Cc1ccc(-c2csc(NC(=O)c3cc(C4CC4)n(C4CCS(=O)(=O)C4)n3)n2)cc1. The number of hydrogen-bond donors (Lipinski definition) is 1. The number of nitrogens with one attached hydrogen (secondary N) is 1. The zero-order valence-electron chi connectivity index (χ0n) is 16.5. The van der Waals surface area contributed by atoms with E-state index in [4.69, 9.17) is 0 Å². The Hall–Kier alpha value is -2.52. The van der Waals surface area contributed by atoms with Crippen LogP contribution in [0.1, 0.15) is 53.0 Å². The van der Waals surface area contributed by atoms with E-state index < -0.39 is 9.84 Å². The molecule has 9 heteroatoms. The molecule has 0 spiro atoms. The predicted octanol–water partition coefficient (Wildman–Crippen LogP) is 3.80. The van der Waals surface area contributed by atoms with Crippen molar-refractivity contribution in [3.05, 3.63) is 52.7 Å². The van der Waals surface area contributed by atoms with Crippen molar-refractivity contribution in [3.8, 4) is 11.3 Å². The lowest BCUT2D eigenvalue weighted by Crippen LogP contribution is -2.17. The largest absolute Gasteiger partial charge is 0.296 e. The van der Waals surface area contributed by atoms with Gasteiger partial charge in [0.2, 0.25) is 0 Å². The Balaban J connectivity index is 1.35. The molecule has 1 saturated carbocycles. The van der Waals surface area contributed by atoms with Crippen molar-refractivity contribution in [2.24, 2.45) is 0 Å². The lowest BCUT2D eigenvalue weighted by Gasteiger charge is -2.12. The van der Waals surface area contributed by atoms with Crippen LogP contribution in [-0.2, 0) is 9.84 Å². The fourth-order valence-corrected chi connectivity index (χ4v) is 6.22. The highest BCUT2D eigenvalue weighted by molar-refractivity contribution is 7.91. The first kappa shape index (κ1) is 19.4. The summed E-state index contributed by atoms with van der Waals surface area (Å²) in [5, 5.41) is 9.78. The maximum Gasteiger partial charge on any atom is 0.277 e. The minimum Gasteiger partial charge on any atom is -0.296 e. The number of rotatable bonds is 5. The Kier molecular flexibility index (Phi) is 4.74. The third-order valence-electron chi connectivity index (χ3n) is 5.62. The van der Waals surface area contributed by atoms with Crippen LogP contribution in [-0.4, -0.2) is 40.6 Å². The van der Waals surface area contributed by atoms with Crippen molar-refractivity contribution in [3.63, 3.8) is 0 Å². The molecule has 1 N–H and O–H groups in total. The Morgan fingerprint density at radius 2 is 1.97 bits per heavy atom. The molecule has 0 radical (unpaired) electrons. The molecule has 1 atom stereocenters. The van der Waals surface area contributed by atoms with Crippen LogP contribution in [0, 0.1) is 6.92 Å². The number of aromatic nitrogens is 3. The number of sulfone groups is 1. The lowest BCUT2D eigenvalue weighted by molar-refractivity contribution is 0.102. The van der Waals surface area contributed by atoms with Crippen LogP contribution >= 0.6 is 11.3 Å². The van der Waals surface area contributed by atoms with Gasteiger partial charge in [-0.15, -0.1) is 11.3 Å². The van der Waals surface area contributed by atoms with E-state index >= 15 is 0 Å². The van der Waals surface area contributed by atoms with E-state index in [0.717, 1.165) is 29.8 Å². The molecule has 1 aromatic carbocycles. The summed E-state index contributed by atoms with van der Waals surface area (Å²) in [7, 11) is -3.02. The highest BCUT2D eigenvalue weighted by Gasteiger charge is 2.36. The van der Waals surface area contributed by atoms with Crippen LogP contribution < -0.4 is 5.32 Å². The molecule has 1 aliphatic heterocycles. The first-order valence-corrected chi connectivity index (χ1v) is 12.7. The van der Waals surface area contributed by atoms with Crippen molar-refractivity contribution < 1.29 is 13.2 Å². The average molecular weight is 443 g/mol. The number of nitrogens with zero attached hydrogens (tertiary/aromatic N) is 3. The molecule has 2 fully saturated rings. The summed E-state index contributed by atoms with van der Waals surface area (Å²) in [5.41, 5.74) is 4.28. The van der Waals surface area contributed by atoms with Gasteiger partial charge in [-0.25, -0.2) is 13.4 Å². The summed E-state index contributed by atoms with van der Waals surface area (Å²) in [6, 6.07) is 9.71. The monoisotopic (exact) mass is 442 g/mol. The van der Waals surface area contributed by atoms with Crippen LogP contribution in [0.4, 0.5) is 5.13 Å². The summed E-state index contributed by atoms with van der Waals surface area (Å²) in [6.07, 6.45) is 2.66. The molecule has 3 heterocycles. The van der Waals surface area contributed by atoms with Crippen LogP contribution in [0.5, 0.6) is 0 Å². The van der Waals surface area contributed by atoms with Crippen molar-refractivity contribution in [1.29, 1.82) is 0 Å². The number of thiazole rings is 1. The minimum absolute atomic E-state index is 0.0991. The van der Waals surface area contributed by atoms with Gasteiger partial charge in [-0.05, 0) is 32.3 Å². The smallest absolute Gasteiger partial charge is 0.277 e. The van der Waals surface area contributed by atoms with Crippen LogP contribution in [0.15, 0.2) is 35.7 Å². The van der Waals surface area contributed by atoms with Gasteiger partial charge >= 0.3 is 0 Å². The Morgan fingerprint density at radius 3 is 2.63 bits per heavy atom. The van der Waals surface area contributed by atoms with Gasteiger partial charge in [-0.1, -0.05) is 29.8 Å². The normalized spacial score (nSPS) is 20.4. The molecule has 30 heavy (non-hydrogen) atoms. The van der Waals surface area contributed by atoms with Gasteiger partial charge < -0.3 is 0 Å². The summed E-state index contributed by atoms with van der Waals surface area (Å²) in [4.78, 5) is 17.3. The minimum atomic E-state index is -3.02. The maximum atomic E-state index is 12.8. The third-order valence-corrected chi connectivity index (χ3v) is 8.13. The molecule has 1 amide bonds. The quantitative estimate of drug-likeness (QED) is 0.649. The van der Waals surface area contributed by atoms with Crippen molar-refractivity contribution in [2.45, 2.75) is 38.1 Å². The third kappa shape index (κ3) is 3.91. The number of anilines is 1. The molecule has 1 unspecified atom stereocenters. The fraction of sp³-hybridized carbons (Fsp3) is 0.381. The molecule has 2 aliphatic rings. The second kappa shape index (κ2) is 7.31. The second-order valence-corrected chi connectivity index (χ2v) is 11.2. The van der Waals surface area contributed by atoms with Gasteiger partial charge in [0.05, 0.1) is 23.2 Å². The van der Waals surface area contributed by atoms with Crippen molar-refractivity contribution in [2.75, 3.05) is 16.8 Å². The molecule has 3 aromatic rings. The van der Waals surface area contributed by atoms with E-state index in [1.165, 1.54) is 16.9 Å². The molecule has 156 valence electrons. The summed E-state index contributed by atoms with van der Waals surface area (Å²) >= 11 is 1.37. The molecule has 2 aromatic heterocycles. The summed E-state index contributed by atoms with van der Waals surface area (Å²) in [6.45, 7) is 2.03. The Labute approximate surface area is 179 Å². The van der Waals surface area contributed by atoms with E-state index in [0.29, 0.717) is 23.2 Å². The first-order chi connectivity index (χ1) is 14.4. The molecule has 1 aliphatic carbocycles. The van der Waals surface area contributed by atoms with Crippen molar-refractivity contribution in [1.82, 2.24) is 14.8 Å². The highest BCUT2D eigenvalue weighted by Crippen LogP contribution is 2.42. The Bertz CT molecular complexity index is 1210. The summed E-state index contributed by atoms with van der Waals surface area (Å²) in [5.74, 6) is 0.336. The standard InChI is InChI=1S/C21H22N4O3S2/c1-13-2-4-14(5-3-13)18-11-29-21(22-18)23-20(26)17-10-19(15-6-7-15)25(24-17)16-8-9-30(27,28)12-16/h2-5,10-11,15-16H,6-9,12H2,1H3,(H,22,23,26). The number of benzene rings is 1. The number of aryl methyl sites for hydroxylation is 1. The Morgan fingerprint density at radius 1 is 1.20 bits per heavy atom. The zero-order valence-corrected chi connectivity index (χ0v) is 18.2. The van der Waals surface area contributed by atoms with E-state index in [-0.39, 0.29) is 23.5 Å². The van der Waals surface area contributed by atoms with Gasteiger partial charge in [-0.2, -0.15) is 5.10 Å². The number of carbonyl (C=O) groups is 1. The van der Waals surface area contributed by atoms with Crippen LogP contribution in [0.2, 0.25) is 0 Å². The van der Waals surface area contributed by atoms with E-state index in [1.807, 2.05) is 42.6 Å². The molecule has 7 nitrogen and oxygen atoms in total. The molecular formula is C21H22N4O3S2. The molecule has 1 saturated heterocycles. The van der Waals surface area contributed by atoms with Gasteiger partial charge in [0, 0.05) is 22.6 Å². The van der Waals surface area contributed by atoms with E-state index in [2.05, 4.69) is 15.4 Å². The molecule has 0 bridgehead atoms. The second-order valence-electron chi connectivity index (χ2n) is 8.09. The molecule has 5 rings (SSSR count).